The lowest BCUT2D eigenvalue weighted by Gasteiger charge is -2.05. The maximum atomic E-state index is 6.31. The van der Waals surface area contributed by atoms with Gasteiger partial charge >= 0.3 is 0 Å². The summed E-state index contributed by atoms with van der Waals surface area (Å²) in [5.41, 5.74) is 4.54. The molecule has 7 heteroatoms. The average molecular weight is 387 g/mol. The molecule has 0 unspecified atom stereocenters. The van der Waals surface area contributed by atoms with Crippen LogP contribution in [0.4, 0.5) is 11.6 Å². The van der Waals surface area contributed by atoms with Gasteiger partial charge in [0.05, 0.1) is 5.69 Å². The van der Waals surface area contributed by atoms with Crippen LogP contribution in [-0.2, 0) is 0 Å². The van der Waals surface area contributed by atoms with Gasteiger partial charge < -0.3 is 5.32 Å². The lowest BCUT2D eigenvalue weighted by Crippen LogP contribution is -1.97. The van der Waals surface area contributed by atoms with Gasteiger partial charge in [0.15, 0.2) is 5.65 Å². The molecule has 0 bridgehead atoms. The number of fused-ring (bicyclic) bond motifs is 1. The fourth-order valence-corrected chi connectivity index (χ4v) is 3.31. The van der Waals surface area contributed by atoms with E-state index in [1.54, 1.807) is 15.4 Å². The summed E-state index contributed by atoms with van der Waals surface area (Å²) in [6.07, 6.45) is 5.58. The number of nitrogens with one attached hydrogen (secondary N) is 1. The van der Waals surface area contributed by atoms with Crippen LogP contribution in [0.1, 0.15) is 0 Å². The van der Waals surface area contributed by atoms with Gasteiger partial charge in [-0.2, -0.15) is 10.1 Å². The largest absolute Gasteiger partial charge is 0.323 e. The van der Waals surface area contributed by atoms with Crippen molar-refractivity contribution < 1.29 is 0 Å². The third kappa shape index (κ3) is 3.10. The molecule has 5 rings (SSSR count). The molecule has 136 valence electrons. The van der Waals surface area contributed by atoms with E-state index >= 15 is 0 Å². The summed E-state index contributed by atoms with van der Waals surface area (Å²) < 4.78 is 3.55. The Labute approximate surface area is 166 Å². The number of rotatable bonds is 4. The van der Waals surface area contributed by atoms with Crippen LogP contribution in [0.25, 0.3) is 22.5 Å². The van der Waals surface area contributed by atoms with E-state index in [1.807, 2.05) is 79.1 Å². The molecular weight excluding hydrogens is 372 g/mol. The molecule has 1 N–H and O–H groups in total. The first kappa shape index (κ1) is 16.5. The van der Waals surface area contributed by atoms with Crippen LogP contribution >= 0.6 is 11.6 Å². The summed E-state index contributed by atoms with van der Waals surface area (Å²) >= 11 is 6.31. The SMILES string of the molecule is Clc1ccccc1-c1ccc2nc(Nc3cccc(-n4cccn4)c3)nn2c1. The number of anilines is 2. The first-order valence-electron chi connectivity index (χ1n) is 8.75. The zero-order valence-electron chi connectivity index (χ0n) is 14.7. The quantitative estimate of drug-likeness (QED) is 0.473. The van der Waals surface area contributed by atoms with Gasteiger partial charge in [-0.3, -0.25) is 0 Å². The average Bonchev–Trinajstić information content (AvgIpc) is 3.37. The highest BCUT2D eigenvalue weighted by Gasteiger charge is 2.08. The molecule has 0 radical (unpaired) electrons. The number of nitrogens with zero attached hydrogens (tertiary/aromatic N) is 5. The second-order valence-electron chi connectivity index (χ2n) is 6.26. The minimum absolute atomic E-state index is 0.522. The standard InChI is InChI=1S/C21H15ClN6/c22-19-8-2-1-7-18(19)15-9-10-20-25-21(26-28(20)14-15)24-16-5-3-6-17(13-16)27-12-4-11-23-27/h1-14H,(H,24,26). The van der Waals surface area contributed by atoms with Crippen LogP contribution in [0, 0.1) is 0 Å². The molecule has 5 aromatic rings. The van der Waals surface area contributed by atoms with Crippen LogP contribution in [0.15, 0.2) is 85.3 Å². The van der Waals surface area contributed by atoms with Crippen molar-refractivity contribution in [3.8, 4) is 16.8 Å². The molecule has 0 saturated carbocycles. The first-order valence-corrected chi connectivity index (χ1v) is 9.12. The van der Waals surface area contributed by atoms with Gasteiger partial charge in [0.1, 0.15) is 0 Å². The molecule has 3 heterocycles. The van der Waals surface area contributed by atoms with Gasteiger partial charge in [0, 0.05) is 40.4 Å². The predicted octanol–water partition coefficient (Wildman–Crippen LogP) is 4.98. The van der Waals surface area contributed by atoms with Crippen LogP contribution < -0.4 is 5.32 Å². The predicted molar refractivity (Wildman–Crippen MR) is 110 cm³/mol. The van der Waals surface area contributed by atoms with E-state index in [4.69, 9.17) is 11.6 Å². The molecular formula is C21H15ClN6. The molecule has 0 amide bonds. The number of pyridine rings is 1. The number of hydrogen-bond donors (Lipinski definition) is 1. The van der Waals surface area contributed by atoms with Gasteiger partial charge in [0.25, 0.3) is 0 Å². The van der Waals surface area contributed by atoms with Gasteiger partial charge in [-0.1, -0.05) is 35.9 Å². The Hall–Kier alpha value is -3.64. The van der Waals surface area contributed by atoms with E-state index in [9.17, 15) is 0 Å². The van der Waals surface area contributed by atoms with Crippen molar-refractivity contribution in [2.45, 2.75) is 0 Å². The number of aromatic nitrogens is 5. The van der Waals surface area contributed by atoms with E-state index in [2.05, 4.69) is 20.5 Å². The van der Waals surface area contributed by atoms with Crippen molar-refractivity contribution in [3.63, 3.8) is 0 Å². The first-order chi connectivity index (χ1) is 13.8. The van der Waals surface area contributed by atoms with E-state index in [0.29, 0.717) is 11.0 Å². The summed E-state index contributed by atoms with van der Waals surface area (Å²) in [5.74, 6) is 0.522. The van der Waals surface area contributed by atoms with Crippen molar-refractivity contribution in [1.29, 1.82) is 0 Å². The van der Waals surface area contributed by atoms with Gasteiger partial charge in [-0.15, -0.1) is 5.10 Å². The monoisotopic (exact) mass is 386 g/mol. The Morgan fingerprint density at radius 1 is 0.929 bits per heavy atom. The minimum atomic E-state index is 0.522. The van der Waals surface area contributed by atoms with Crippen molar-refractivity contribution in [2.75, 3.05) is 5.32 Å². The van der Waals surface area contributed by atoms with E-state index in [0.717, 1.165) is 28.1 Å². The second kappa shape index (κ2) is 6.83. The molecule has 28 heavy (non-hydrogen) atoms. The molecule has 6 nitrogen and oxygen atoms in total. The molecule has 0 spiro atoms. The third-order valence-electron chi connectivity index (χ3n) is 4.39. The molecule has 2 aromatic carbocycles. The maximum Gasteiger partial charge on any atom is 0.247 e. The van der Waals surface area contributed by atoms with E-state index < -0.39 is 0 Å². The fourth-order valence-electron chi connectivity index (χ4n) is 3.07. The summed E-state index contributed by atoms with van der Waals surface area (Å²) in [7, 11) is 0. The van der Waals surface area contributed by atoms with Gasteiger partial charge in [-0.25, -0.2) is 9.20 Å². The number of hydrogen-bond acceptors (Lipinski definition) is 4. The van der Waals surface area contributed by atoms with Crippen molar-refractivity contribution in [2.24, 2.45) is 0 Å². The molecule has 0 aliphatic carbocycles. The Kier molecular flexibility index (Phi) is 4.03. The van der Waals surface area contributed by atoms with E-state index in [-0.39, 0.29) is 0 Å². The topological polar surface area (TPSA) is 60.0 Å². The highest BCUT2D eigenvalue weighted by molar-refractivity contribution is 6.33. The highest BCUT2D eigenvalue weighted by Crippen LogP contribution is 2.27. The zero-order chi connectivity index (χ0) is 18.9. The minimum Gasteiger partial charge on any atom is -0.323 e. The van der Waals surface area contributed by atoms with Crippen molar-refractivity contribution in [3.05, 3.63) is 90.3 Å². The fraction of sp³-hybridized carbons (Fsp3) is 0. The Morgan fingerprint density at radius 2 is 1.86 bits per heavy atom. The third-order valence-corrected chi connectivity index (χ3v) is 4.72. The zero-order valence-corrected chi connectivity index (χ0v) is 15.5. The maximum absolute atomic E-state index is 6.31. The Balaban J connectivity index is 1.46. The smallest absolute Gasteiger partial charge is 0.247 e. The van der Waals surface area contributed by atoms with Crippen LogP contribution in [0.3, 0.4) is 0 Å². The molecule has 0 saturated heterocycles. The summed E-state index contributed by atoms with van der Waals surface area (Å²) in [6.45, 7) is 0. The Morgan fingerprint density at radius 3 is 2.71 bits per heavy atom. The normalized spacial score (nSPS) is 11.0. The molecule has 0 aliphatic heterocycles. The lowest BCUT2D eigenvalue weighted by atomic mass is 10.1. The van der Waals surface area contributed by atoms with Gasteiger partial charge in [0.2, 0.25) is 5.95 Å². The van der Waals surface area contributed by atoms with Crippen molar-refractivity contribution in [1.82, 2.24) is 24.4 Å². The number of halogens is 1. The summed E-state index contributed by atoms with van der Waals surface area (Å²) in [5, 5.41) is 12.8. The second-order valence-corrected chi connectivity index (χ2v) is 6.67. The number of benzene rings is 2. The summed E-state index contributed by atoms with van der Waals surface area (Å²) in [4.78, 5) is 4.54. The summed E-state index contributed by atoms with van der Waals surface area (Å²) in [6, 6.07) is 21.5. The highest BCUT2D eigenvalue weighted by atomic mass is 35.5. The molecule has 0 aliphatic rings. The Bertz CT molecular complexity index is 1260. The van der Waals surface area contributed by atoms with Gasteiger partial charge in [-0.05, 0) is 42.5 Å². The molecule has 0 atom stereocenters. The van der Waals surface area contributed by atoms with E-state index in [1.165, 1.54) is 0 Å². The van der Waals surface area contributed by atoms with Crippen LogP contribution in [0.5, 0.6) is 0 Å². The molecule has 0 fully saturated rings. The molecule has 3 aromatic heterocycles. The van der Waals surface area contributed by atoms with Crippen molar-refractivity contribution >= 4 is 28.9 Å². The van der Waals surface area contributed by atoms with Crippen LogP contribution in [-0.4, -0.2) is 24.4 Å². The van der Waals surface area contributed by atoms with Crippen LogP contribution in [0.2, 0.25) is 5.02 Å². The lowest BCUT2D eigenvalue weighted by molar-refractivity contribution is 0.881.